The molecule has 28 heavy (non-hydrogen) atoms. The van der Waals surface area contributed by atoms with E-state index in [0.717, 1.165) is 47.7 Å². The smallest absolute Gasteiger partial charge is 0.303 e. The molecular weight excluding hydrogens is 404 g/mol. The van der Waals surface area contributed by atoms with E-state index >= 15 is 0 Å². The maximum atomic E-state index is 9.64. The second-order valence-electron chi connectivity index (χ2n) is 6.21. The predicted octanol–water partition coefficient (Wildman–Crippen LogP) is 2.68. The van der Waals surface area contributed by atoms with Crippen LogP contribution in [0.2, 0.25) is 5.02 Å². The molecule has 3 rings (SSSR count). The van der Waals surface area contributed by atoms with Gasteiger partial charge in [-0.2, -0.15) is 0 Å². The highest BCUT2D eigenvalue weighted by Crippen LogP contribution is 2.30. The maximum absolute atomic E-state index is 9.64. The van der Waals surface area contributed by atoms with Crippen molar-refractivity contribution in [3.05, 3.63) is 39.7 Å². The number of carboxylic acids is 2. The molecule has 152 valence electrons. The lowest BCUT2D eigenvalue weighted by atomic mass is 9.98. The summed E-state index contributed by atoms with van der Waals surface area (Å²) in [7, 11) is 0. The average Bonchev–Trinajstić information content (AvgIpc) is 2.91. The van der Waals surface area contributed by atoms with Gasteiger partial charge in [-0.25, -0.2) is 0 Å². The quantitative estimate of drug-likeness (QED) is 0.519. The van der Waals surface area contributed by atoms with Crippen molar-refractivity contribution >= 4 is 35.3 Å². The van der Waals surface area contributed by atoms with Crippen molar-refractivity contribution in [2.24, 2.45) is 0 Å². The molecule has 0 saturated carbocycles. The van der Waals surface area contributed by atoms with Crippen LogP contribution >= 0.6 is 23.4 Å². The molecule has 8 nitrogen and oxygen atoms in total. The van der Waals surface area contributed by atoms with Crippen molar-refractivity contribution in [3.63, 3.8) is 0 Å². The van der Waals surface area contributed by atoms with Crippen LogP contribution in [-0.2, 0) is 28.2 Å². The molecule has 0 amide bonds. The zero-order chi connectivity index (χ0) is 20.5. The van der Waals surface area contributed by atoms with E-state index < -0.39 is 11.9 Å². The number of thioether (sulfide) groups is 1. The van der Waals surface area contributed by atoms with Crippen molar-refractivity contribution < 1.29 is 19.8 Å². The third-order valence-electron chi connectivity index (χ3n) is 4.08. The van der Waals surface area contributed by atoms with Gasteiger partial charge in [0.1, 0.15) is 5.82 Å². The minimum atomic E-state index is -1.08. The third-order valence-corrected chi connectivity index (χ3v) is 5.32. The largest absolute Gasteiger partial charge is 0.481 e. The molecule has 0 bridgehead atoms. The Morgan fingerprint density at radius 2 is 1.82 bits per heavy atom. The van der Waals surface area contributed by atoms with Crippen LogP contribution < -0.4 is 5.32 Å². The first-order chi connectivity index (χ1) is 13.4. The number of carbonyl (C=O) groups is 2. The van der Waals surface area contributed by atoms with E-state index in [1.807, 2.05) is 13.0 Å². The van der Waals surface area contributed by atoms with Crippen LogP contribution in [0.5, 0.6) is 0 Å². The molecule has 2 heterocycles. The van der Waals surface area contributed by atoms with E-state index in [1.165, 1.54) is 16.7 Å². The zero-order valence-corrected chi connectivity index (χ0v) is 17.1. The molecule has 0 saturated heterocycles. The van der Waals surface area contributed by atoms with Crippen LogP contribution in [0.3, 0.4) is 0 Å². The molecule has 0 aliphatic carbocycles. The molecule has 0 spiro atoms. The average molecular weight is 427 g/mol. The Morgan fingerprint density at radius 1 is 1.14 bits per heavy atom. The maximum Gasteiger partial charge on any atom is 0.303 e. The molecule has 1 aliphatic rings. The number of H-pyrrole nitrogens is 1. The molecule has 0 atom stereocenters. The number of hydrogen-bond donors (Lipinski definition) is 4. The lowest BCUT2D eigenvalue weighted by Gasteiger charge is -2.13. The van der Waals surface area contributed by atoms with E-state index in [2.05, 4.69) is 26.6 Å². The van der Waals surface area contributed by atoms with E-state index in [1.54, 1.807) is 11.8 Å². The number of carboxylic acid groups (broad SMARTS) is 2. The third kappa shape index (κ3) is 7.14. The van der Waals surface area contributed by atoms with Gasteiger partial charge < -0.3 is 20.5 Å². The number of nitrogens with zero attached hydrogens (tertiary/aromatic N) is 2. The lowest BCUT2D eigenvalue weighted by molar-refractivity contribution is -0.143. The van der Waals surface area contributed by atoms with E-state index in [-0.39, 0.29) is 12.8 Å². The topological polar surface area (TPSA) is 128 Å². The molecule has 1 aromatic carbocycles. The van der Waals surface area contributed by atoms with Crippen LogP contribution in [0.4, 0.5) is 0 Å². The van der Waals surface area contributed by atoms with Crippen LogP contribution in [0.15, 0.2) is 17.3 Å². The predicted molar refractivity (Wildman–Crippen MR) is 107 cm³/mol. The number of hydrogen-bond acceptors (Lipinski definition) is 6. The van der Waals surface area contributed by atoms with Crippen molar-refractivity contribution in [2.75, 3.05) is 13.1 Å². The molecule has 2 aromatic rings. The minimum absolute atomic E-state index is 0.296. The van der Waals surface area contributed by atoms with E-state index in [9.17, 15) is 9.59 Å². The lowest BCUT2D eigenvalue weighted by Crippen LogP contribution is -2.16. The van der Waals surface area contributed by atoms with Crippen molar-refractivity contribution in [2.45, 2.75) is 43.5 Å². The number of aryl methyl sites for hydroxylation is 1. The standard InChI is InChI=1S/C14H17ClN4S.C4H6O4/c1-9-17-14(19-18-9)20-8-12-11-5-7-16-6-4-10(11)2-3-13(12)15;5-3(6)1-2-4(7)8/h2-3,16H,4-8H2,1H3,(H,17,18,19);1-2H2,(H,5,6)(H,7,8). The summed E-state index contributed by atoms with van der Waals surface area (Å²) in [5.74, 6) is -0.481. The van der Waals surface area contributed by atoms with E-state index in [4.69, 9.17) is 21.8 Å². The van der Waals surface area contributed by atoms with Gasteiger partial charge in [0.15, 0.2) is 5.16 Å². The second kappa shape index (κ2) is 11.0. The number of aromatic amines is 1. The summed E-state index contributed by atoms with van der Waals surface area (Å²) in [5.41, 5.74) is 4.07. The highest BCUT2D eigenvalue weighted by Gasteiger charge is 2.15. The fourth-order valence-corrected chi connectivity index (χ4v) is 3.97. The summed E-state index contributed by atoms with van der Waals surface area (Å²) in [6.07, 6.45) is 1.53. The molecular formula is C18H23ClN4O4S. The van der Waals surface area contributed by atoms with Gasteiger partial charge in [-0.05, 0) is 55.6 Å². The Balaban J connectivity index is 0.000000300. The Bertz CT molecular complexity index is 814. The monoisotopic (exact) mass is 426 g/mol. The van der Waals surface area contributed by atoms with Crippen LogP contribution in [0.1, 0.15) is 35.4 Å². The number of benzene rings is 1. The van der Waals surface area contributed by atoms with Gasteiger partial charge in [0.05, 0.1) is 12.8 Å². The Labute approximate surface area is 172 Å². The first kappa shape index (κ1) is 22.2. The molecule has 0 radical (unpaired) electrons. The van der Waals surface area contributed by atoms with Gasteiger partial charge in [-0.15, -0.1) is 10.2 Å². The number of rotatable bonds is 6. The van der Waals surface area contributed by atoms with Gasteiger partial charge in [0.2, 0.25) is 0 Å². The summed E-state index contributed by atoms with van der Waals surface area (Å²) in [4.78, 5) is 22.4. The van der Waals surface area contributed by atoms with Gasteiger partial charge in [-0.1, -0.05) is 29.4 Å². The summed E-state index contributed by atoms with van der Waals surface area (Å²) in [6.45, 7) is 3.97. The van der Waals surface area contributed by atoms with Gasteiger partial charge in [0.25, 0.3) is 0 Å². The van der Waals surface area contributed by atoms with Crippen molar-refractivity contribution in [1.29, 1.82) is 0 Å². The summed E-state index contributed by atoms with van der Waals surface area (Å²) in [5, 5.41) is 29.0. The molecule has 4 N–H and O–H groups in total. The number of nitrogens with one attached hydrogen (secondary N) is 2. The SMILES string of the molecule is Cc1nnc(SCc2c(Cl)ccc3c2CCNCC3)[nH]1.O=C(O)CCC(=O)O. The van der Waals surface area contributed by atoms with Crippen molar-refractivity contribution in [3.8, 4) is 0 Å². The Morgan fingerprint density at radius 3 is 2.43 bits per heavy atom. The van der Waals surface area contributed by atoms with Gasteiger partial charge in [-0.3, -0.25) is 9.59 Å². The van der Waals surface area contributed by atoms with Gasteiger partial charge in [0, 0.05) is 10.8 Å². The Hall–Kier alpha value is -2.10. The highest BCUT2D eigenvalue weighted by molar-refractivity contribution is 7.98. The van der Waals surface area contributed by atoms with E-state index in [0.29, 0.717) is 0 Å². The first-order valence-electron chi connectivity index (χ1n) is 8.82. The fraction of sp³-hybridized carbons (Fsp3) is 0.444. The normalized spacial score (nSPS) is 13.1. The van der Waals surface area contributed by atoms with Gasteiger partial charge >= 0.3 is 11.9 Å². The van der Waals surface area contributed by atoms with Crippen molar-refractivity contribution in [1.82, 2.24) is 20.5 Å². The fourth-order valence-electron chi connectivity index (χ4n) is 2.72. The van der Waals surface area contributed by atoms with Crippen LogP contribution in [-0.4, -0.2) is 50.4 Å². The molecule has 1 aliphatic heterocycles. The Kier molecular flexibility index (Phi) is 8.75. The summed E-state index contributed by atoms with van der Waals surface area (Å²) in [6, 6.07) is 4.19. The molecule has 0 unspecified atom stereocenters. The number of aliphatic carboxylic acids is 2. The first-order valence-corrected chi connectivity index (χ1v) is 10.2. The number of fused-ring (bicyclic) bond motifs is 1. The number of halogens is 1. The van der Waals surface area contributed by atoms with Crippen LogP contribution in [0, 0.1) is 6.92 Å². The van der Waals surface area contributed by atoms with Crippen LogP contribution in [0.25, 0.3) is 0 Å². The zero-order valence-electron chi connectivity index (χ0n) is 15.5. The highest BCUT2D eigenvalue weighted by atomic mass is 35.5. The molecule has 1 aromatic heterocycles. The second-order valence-corrected chi connectivity index (χ2v) is 7.58. The molecule has 0 fully saturated rings. The summed E-state index contributed by atoms with van der Waals surface area (Å²) < 4.78 is 0. The number of aromatic nitrogens is 3. The minimum Gasteiger partial charge on any atom is -0.481 e. The molecule has 10 heteroatoms. The summed E-state index contributed by atoms with van der Waals surface area (Å²) >= 11 is 8.06.